The lowest BCUT2D eigenvalue weighted by Gasteiger charge is -2.23. The molecule has 1 atom stereocenters. The zero-order chi connectivity index (χ0) is 15.9. The van der Waals surface area contributed by atoms with Gasteiger partial charge in [0, 0.05) is 6.54 Å². The molecule has 0 aromatic heterocycles. The molecule has 1 heterocycles. The molecular weight excluding hydrogens is 290 g/mol. The van der Waals surface area contributed by atoms with Crippen LogP contribution in [0.5, 0.6) is 5.75 Å². The third kappa shape index (κ3) is 4.57. The van der Waals surface area contributed by atoms with Crippen LogP contribution in [-0.4, -0.2) is 25.2 Å². The molecule has 4 nitrogen and oxygen atoms in total. The molecule has 0 saturated carbocycles. The predicted molar refractivity (Wildman–Crippen MR) is 88.5 cm³/mol. The highest BCUT2D eigenvalue weighted by atomic mass is 16.5. The zero-order valence-electron chi connectivity index (χ0n) is 13.0. The fourth-order valence-electron chi connectivity index (χ4n) is 2.59. The van der Waals surface area contributed by atoms with Gasteiger partial charge in [-0.3, -0.25) is 0 Å². The summed E-state index contributed by atoms with van der Waals surface area (Å²) in [4.78, 5) is 12.0. The summed E-state index contributed by atoms with van der Waals surface area (Å²) < 4.78 is 11.2. The van der Waals surface area contributed by atoms with Gasteiger partial charge < -0.3 is 14.8 Å². The molecule has 4 heteroatoms. The normalized spacial score (nSPS) is 17.5. The number of benzene rings is 2. The molecule has 2 aromatic carbocycles. The Labute approximate surface area is 136 Å². The maximum absolute atomic E-state index is 12.0. The summed E-state index contributed by atoms with van der Waals surface area (Å²) >= 11 is 0. The van der Waals surface area contributed by atoms with E-state index in [-0.39, 0.29) is 18.7 Å². The summed E-state index contributed by atoms with van der Waals surface area (Å²) in [6.07, 6.45) is 2.40. The van der Waals surface area contributed by atoms with Crippen molar-refractivity contribution < 1.29 is 14.3 Å². The fourth-order valence-corrected chi connectivity index (χ4v) is 2.59. The molecular formula is C19H21NO3. The summed E-state index contributed by atoms with van der Waals surface area (Å²) in [6.45, 7) is 2.22. The van der Waals surface area contributed by atoms with Crippen molar-refractivity contribution in [2.24, 2.45) is 0 Å². The van der Waals surface area contributed by atoms with Crippen LogP contribution in [-0.2, 0) is 11.3 Å². The molecule has 1 aliphatic rings. The average molecular weight is 311 g/mol. The Morgan fingerprint density at radius 1 is 1.09 bits per heavy atom. The Balaban J connectivity index is 1.52. The van der Waals surface area contributed by atoms with Crippen LogP contribution in [0.1, 0.15) is 28.8 Å². The second-order valence-electron chi connectivity index (χ2n) is 5.67. The second-order valence-corrected chi connectivity index (χ2v) is 5.67. The third-order valence-corrected chi connectivity index (χ3v) is 3.86. The van der Waals surface area contributed by atoms with E-state index in [0.717, 1.165) is 37.2 Å². The molecule has 0 aliphatic carbocycles. The molecule has 3 rings (SSSR count). The minimum atomic E-state index is -0.320. The van der Waals surface area contributed by atoms with Gasteiger partial charge in [0.15, 0.2) is 0 Å². The van der Waals surface area contributed by atoms with Crippen LogP contribution in [0.2, 0.25) is 0 Å². The summed E-state index contributed by atoms with van der Waals surface area (Å²) in [5.74, 6) is 0.470. The van der Waals surface area contributed by atoms with E-state index >= 15 is 0 Å². The highest BCUT2D eigenvalue weighted by Crippen LogP contribution is 2.17. The first kappa shape index (κ1) is 15.6. The fraction of sp³-hybridized carbons (Fsp3) is 0.316. The maximum atomic E-state index is 12.0. The van der Waals surface area contributed by atoms with Crippen molar-refractivity contribution in [1.82, 2.24) is 5.32 Å². The van der Waals surface area contributed by atoms with Crippen LogP contribution in [0.15, 0.2) is 54.6 Å². The van der Waals surface area contributed by atoms with E-state index < -0.39 is 0 Å². The lowest BCUT2D eigenvalue weighted by Crippen LogP contribution is -2.37. The van der Waals surface area contributed by atoms with E-state index in [0.29, 0.717) is 5.56 Å². The van der Waals surface area contributed by atoms with Crippen LogP contribution in [0, 0.1) is 0 Å². The predicted octanol–water partition coefficient (Wildman–Crippen LogP) is 3.17. The minimum Gasteiger partial charge on any atom is -0.489 e. The van der Waals surface area contributed by atoms with E-state index in [9.17, 15) is 4.79 Å². The molecule has 0 amide bonds. The van der Waals surface area contributed by atoms with Gasteiger partial charge in [-0.2, -0.15) is 0 Å². The number of ether oxygens (including phenoxy) is 2. The number of carbonyl (C=O) groups is 1. The molecule has 120 valence electrons. The standard InChI is InChI=1S/C19H21NO3/c21-19(22-14-15-5-2-1-3-6-15)16-8-10-17(11-9-16)23-18-7-4-12-20-13-18/h1-3,5-6,8-11,18,20H,4,7,12-14H2/t18-/m0/s1. The molecule has 1 N–H and O–H groups in total. The smallest absolute Gasteiger partial charge is 0.338 e. The van der Waals surface area contributed by atoms with Gasteiger partial charge >= 0.3 is 5.97 Å². The molecule has 0 radical (unpaired) electrons. The number of esters is 1. The van der Waals surface area contributed by atoms with E-state index in [4.69, 9.17) is 9.47 Å². The highest BCUT2D eigenvalue weighted by molar-refractivity contribution is 5.89. The van der Waals surface area contributed by atoms with Gasteiger partial charge in [0.2, 0.25) is 0 Å². The van der Waals surface area contributed by atoms with Crippen LogP contribution in [0.3, 0.4) is 0 Å². The van der Waals surface area contributed by atoms with E-state index in [1.165, 1.54) is 0 Å². The van der Waals surface area contributed by atoms with E-state index in [1.54, 1.807) is 12.1 Å². The largest absolute Gasteiger partial charge is 0.489 e. The number of nitrogens with one attached hydrogen (secondary N) is 1. The Hall–Kier alpha value is -2.33. The monoisotopic (exact) mass is 311 g/mol. The Morgan fingerprint density at radius 2 is 1.87 bits per heavy atom. The molecule has 1 aliphatic heterocycles. The van der Waals surface area contributed by atoms with Crippen molar-refractivity contribution in [3.63, 3.8) is 0 Å². The number of hydrogen-bond acceptors (Lipinski definition) is 4. The van der Waals surface area contributed by atoms with Crippen LogP contribution in [0.4, 0.5) is 0 Å². The lowest BCUT2D eigenvalue weighted by molar-refractivity contribution is 0.0472. The number of hydrogen-bond donors (Lipinski definition) is 1. The maximum Gasteiger partial charge on any atom is 0.338 e. The van der Waals surface area contributed by atoms with Crippen molar-refractivity contribution in [2.45, 2.75) is 25.6 Å². The number of piperidine rings is 1. The van der Waals surface area contributed by atoms with Gasteiger partial charge in [0.1, 0.15) is 18.5 Å². The van der Waals surface area contributed by atoms with E-state index in [2.05, 4.69) is 5.32 Å². The first-order valence-electron chi connectivity index (χ1n) is 8.00. The van der Waals surface area contributed by atoms with Gasteiger partial charge in [0.05, 0.1) is 5.56 Å². The Morgan fingerprint density at radius 3 is 2.57 bits per heavy atom. The quantitative estimate of drug-likeness (QED) is 0.862. The Bertz CT molecular complexity index is 619. The number of rotatable bonds is 5. The van der Waals surface area contributed by atoms with Gasteiger partial charge in [-0.25, -0.2) is 4.79 Å². The van der Waals surface area contributed by atoms with Gasteiger partial charge in [-0.05, 0) is 49.2 Å². The molecule has 1 fully saturated rings. The average Bonchev–Trinajstić information content (AvgIpc) is 2.62. The number of carbonyl (C=O) groups excluding carboxylic acids is 1. The first-order valence-corrected chi connectivity index (χ1v) is 8.00. The molecule has 0 unspecified atom stereocenters. The van der Waals surface area contributed by atoms with Crippen molar-refractivity contribution in [1.29, 1.82) is 0 Å². The third-order valence-electron chi connectivity index (χ3n) is 3.86. The SMILES string of the molecule is O=C(OCc1ccccc1)c1ccc(O[C@H]2CCCNC2)cc1. The van der Waals surface area contributed by atoms with Crippen molar-refractivity contribution in [3.8, 4) is 5.75 Å². The van der Waals surface area contributed by atoms with Crippen LogP contribution in [0.25, 0.3) is 0 Å². The highest BCUT2D eigenvalue weighted by Gasteiger charge is 2.14. The Kier molecular flexibility index (Phi) is 5.27. The lowest BCUT2D eigenvalue weighted by atomic mass is 10.1. The molecule has 23 heavy (non-hydrogen) atoms. The first-order chi connectivity index (χ1) is 11.3. The summed E-state index contributed by atoms with van der Waals surface area (Å²) in [7, 11) is 0. The van der Waals surface area contributed by atoms with Crippen LogP contribution >= 0.6 is 0 Å². The minimum absolute atomic E-state index is 0.208. The topological polar surface area (TPSA) is 47.6 Å². The zero-order valence-corrected chi connectivity index (χ0v) is 13.0. The van der Waals surface area contributed by atoms with Crippen LogP contribution < -0.4 is 10.1 Å². The molecule has 2 aromatic rings. The summed E-state index contributed by atoms with van der Waals surface area (Å²) in [5.41, 5.74) is 1.51. The van der Waals surface area contributed by atoms with Gasteiger partial charge in [-0.1, -0.05) is 30.3 Å². The van der Waals surface area contributed by atoms with Crippen molar-refractivity contribution >= 4 is 5.97 Å². The summed E-state index contributed by atoms with van der Waals surface area (Å²) in [6, 6.07) is 16.8. The molecule has 1 saturated heterocycles. The molecule has 0 spiro atoms. The summed E-state index contributed by atoms with van der Waals surface area (Å²) in [5, 5.41) is 3.32. The van der Waals surface area contributed by atoms with E-state index in [1.807, 2.05) is 42.5 Å². The second kappa shape index (κ2) is 7.79. The van der Waals surface area contributed by atoms with Gasteiger partial charge in [-0.15, -0.1) is 0 Å². The van der Waals surface area contributed by atoms with Crippen molar-refractivity contribution in [3.05, 3.63) is 65.7 Å². The van der Waals surface area contributed by atoms with Crippen molar-refractivity contribution in [2.75, 3.05) is 13.1 Å². The molecule has 0 bridgehead atoms. The van der Waals surface area contributed by atoms with Gasteiger partial charge in [0.25, 0.3) is 0 Å².